The number of aliphatic imine (C=N–C) groups is 1. The summed E-state index contributed by atoms with van der Waals surface area (Å²) in [5.41, 5.74) is 2.70. The van der Waals surface area contributed by atoms with Gasteiger partial charge in [-0.25, -0.2) is 12.8 Å². The van der Waals surface area contributed by atoms with Gasteiger partial charge in [-0.15, -0.1) is 24.0 Å². The van der Waals surface area contributed by atoms with Crippen LogP contribution in [0.1, 0.15) is 27.0 Å². The molecule has 7 nitrogen and oxygen atoms in total. The van der Waals surface area contributed by atoms with Crippen molar-refractivity contribution in [1.82, 2.24) is 16.0 Å². The van der Waals surface area contributed by atoms with Gasteiger partial charge in [-0.2, -0.15) is 0 Å². The van der Waals surface area contributed by atoms with E-state index in [-0.39, 0.29) is 42.2 Å². The van der Waals surface area contributed by atoms with Gasteiger partial charge in [0, 0.05) is 39.0 Å². The summed E-state index contributed by atoms with van der Waals surface area (Å²) < 4.78 is 36.9. The van der Waals surface area contributed by atoms with E-state index in [1.54, 1.807) is 20.2 Å². The lowest BCUT2D eigenvalue weighted by Crippen LogP contribution is -2.38. The maximum Gasteiger partial charge on any atom is 0.251 e. The average Bonchev–Trinajstić information content (AvgIpc) is 2.71. The number of amides is 1. The molecule has 170 valence electrons. The smallest absolute Gasteiger partial charge is 0.251 e. The number of carbonyl (C=O) groups excluding carboxylic acids is 1. The van der Waals surface area contributed by atoms with Gasteiger partial charge in [-0.3, -0.25) is 9.79 Å². The van der Waals surface area contributed by atoms with Gasteiger partial charge in [0.1, 0.15) is 5.82 Å². The Morgan fingerprint density at radius 2 is 1.84 bits per heavy atom. The average molecular weight is 562 g/mol. The summed E-state index contributed by atoms with van der Waals surface area (Å²) in [4.78, 5) is 15.9. The Kier molecular flexibility index (Phi) is 10.9. The predicted molar refractivity (Wildman–Crippen MR) is 132 cm³/mol. The van der Waals surface area contributed by atoms with Crippen molar-refractivity contribution in [3.8, 4) is 0 Å². The lowest BCUT2D eigenvalue weighted by atomic mass is 10.1. The minimum Gasteiger partial charge on any atom is -0.356 e. The molecule has 2 aromatic carbocycles. The molecule has 10 heteroatoms. The molecular weight excluding hydrogens is 534 g/mol. The highest BCUT2D eigenvalue weighted by Crippen LogP contribution is 2.14. The molecule has 0 saturated heterocycles. The fraction of sp³-hybridized carbons (Fsp3) is 0.333. The van der Waals surface area contributed by atoms with Crippen LogP contribution >= 0.6 is 24.0 Å². The number of nitrogens with one attached hydrogen (secondary N) is 3. The highest BCUT2D eigenvalue weighted by atomic mass is 127. The Labute approximate surface area is 199 Å². The number of nitrogens with zero attached hydrogens (tertiary/aromatic N) is 1. The number of guanidine groups is 1. The summed E-state index contributed by atoms with van der Waals surface area (Å²) in [6.45, 7) is 0.796. The Balaban J connectivity index is 0.00000480. The molecule has 0 atom stereocenters. The van der Waals surface area contributed by atoms with Gasteiger partial charge in [0.15, 0.2) is 15.8 Å². The van der Waals surface area contributed by atoms with Crippen LogP contribution < -0.4 is 16.0 Å². The summed E-state index contributed by atoms with van der Waals surface area (Å²) in [5, 5.41) is 8.84. The van der Waals surface area contributed by atoms with Crippen LogP contribution in [0.5, 0.6) is 0 Å². The van der Waals surface area contributed by atoms with E-state index in [4.69, 9.17) is 0 Å². The second-order valence-corrected chi connectivity index (χ2v) is 9.01. The van der Waals surface area contributed by atoms with E-state index in [9.17, 15) is 17.6 Å². The second kappa shape index (κ2) is 12.6. The zero-order valence-corrected chi connectivity index (χ0v) is 20.9. The van der Waals surface area contributed by atoms with Crippen molar-refractivity contribution >= 4 is 45.7 Å². The Morgan fingerprint density at radius 3 is 2.48 bits per heavy atom. The number of sulfone groups is 1. The second-order valence-electron chi connectivity index (χ2n) is 6.87. The van der Waals surface area contributed by atoms with Crippen molar-refractivity contribution in [2.75, 3.05) is 26.9 Å². The van der Waals surface area contributed by atoms with Gasteiger partial charge in [0.2, 0.25) is 0 Å². The number of halogens is 2. The van der Waals surface area contributed by atoms with E-state index in [0.717, 1.165) is 11.8 Å². The molecular formula is C21H28FIN4O3S. The number of hydrogen-bond acceptors (Lipinski definition) is 4. The topological polar surface area (TPSA) is 99.7 Å². The highest BCUT2D eigenvalue weighted by molar-refractivity contribution is 14.0. The van der Waals surface area contributed by atoms with Crippen LogP contribution in [0.2, 0.25) is 0 Å². The first-order valence-electron chi connectivity index (χ1n) is 9.42. The van der Waals surface area contributed by atoms with Gasteiger partial charge in [-0.05, 0) is 47.4 Å². The van der Waals surface area contributed by atoms with Crippen LogP contribution in [0.15, 0.2) is 47.5 Å². The molecule has 0 aliphatic carbocycles. The number of rotatable bonds is 8. The zero-order chi connectivity index (χ0) is 22.1. The van der Waals surface area contributed by atoms with Crippen LogP contribution in [0.4, 0.5) is 4.39 Å². The SMILES string of the molecule is CN=C(NCCc1cccc(C(=O)NC)c1)NCc1cc(F)ccc1CS(C)(=O)=O.I. The Hall–Kier alpha value is -2.21. The third-order valence-electron chi connectivity index (χ3n) is 4.38. The van der Waals surface area contributed by atoms with Crippen molar-refractivity contribution in [2.45, 2.75) is 18.7 Å². The molecule has 0 saturated carbocycles. The van der Waals surface area contributed by atoms with Crippen molar-refractivity contribution < 1.29 is 17.6 Å². The summed E-state index contributed by atoms with van der Waals surface area (Å²) in [6, 6.07) is 11.4. The first-order valence-corrected chi connectivity index (χ1v) is 11.5. The first kappa shape index (κ1) is 26.8. The van der Waals surface area contributed by atoms with Gasteiger partial charge < -0.3 is 16.0 Å². The largest absolute Gasteiger partial charge is 0.356 e. The Bertz CT molecular complexity index is 1030. The molecule has 3 N–H and O–H groups in total. The molecule has 0 radical (unpaired) electrons. The number of carbonyl (C=O) groups is 1. The molecule has 0 unspecified atom stereocenters. The zero-order valence-electron chi connectivity index (χ0n) is 17.7. The van der Waals surface area contributed by atoms with E-state index >= 15 is 0 Å². The summed E-state index contributed by atoms with van der Waals surface area (Å²) in [7, 11) is -0.0327. The first-order chi connectivity index (χ1) is 14.2. The number of hydrogen-bond donors (Lipinski definition) is 3. The molecule has 0 fully saturated rings. The Morgan fingerprint density at radius 1 is 1.10 bits per heavy atom. The van der Waals surface area contributed by atoms with Crippen LogP contribution in [0.25, 0.3) is 0 Å². The molecule has 0 aliphatic rings. The van der Waals surface area contributed by atoms with Gasteiger partial charge in [-0.1, -0.05) is 18.2 Å². The molecule has 0 aromatic heterocycles. The van der Waals surface area contributed by atoms with E-state index in [0.29, 0.717) is 35.6 Å². The van der Waals surface area contributed by atoms with Crippen LogP contribution in [-0.2, 0) is 28.6 Å². The maximum atomic E-state index is 13.6. The maximum absolute atomic E-state index is 13.6. The van der Waals surface area contributed by atoms with Gasteiger partial charge in [0.25, 0.3) is 5.91 Å². The fourth-order valence-corrected chi connectivity index (χ4v) is 3.77. The number of benzene rings is 2. The van der Waals surface area contributed by atoms with Crippen LogP contribution in [0, 0.1) is 5.82 Å². The van der Waals surface area contributed by atoms with Gasteiger partial charge >= 0.3 is 0 Å². The fourth-order valence-electron chi connectivity index (χ4n) is 2.92. The van der Waals surface area contributed by atoms with Crippen molar-refractivity contribution in [3.05, 3.63) is 70.5 Å². The summed E-state index contributed by atoms with van der Waals surface area (Å²) >= 11 is 0. The van der Waals surface area contributed by atoms with Crippen molar-refractivity contribution in [1.29, 1.82) is 0 Å². The minimum atomic E-state index is -3.24. The molecule has 0 spiro atoms. The molecule has 1 amide bonds. The van der Waals surface area contributed by atoms with Crippen LogP contribution in [-0.4, -0.2) is 47.2 Å². The van der Waals surface area contributed by atoms with Crippen LogP contribution in [0.3, 0.4) is 0 Å². The molecule has 0 bridgehead atoms. The quantitative estimate of drug-likeness (QED) is 0.261. The van der Waals surface area contributed by atoms with Crippen molar-refractivity contribution in [2.24, 2.45) is 4.99 Å². The van der Waals surface area contributed by atoms with E-state index in [2.05, 4.69) is 20.9 Å². The summed E-state index contributed by atoms with van der Waals surface area (Å²) in [6.07, 6.45) is 1.82. The minimum absolute atomic E-state index is 0. The third kappa shape index (κ3) is 9.21. The molecule has 2 aromatic rings. The van der Waals surface area contributed by atoms with Crippen molar-refractivity contribution in [3.63, 3.8) is 0 Å². The highest BCUT2D eigenvalue weighted by Gasteiger charge is 2.11. The molecule has 0 aliphatic heterocycles. The van der Waals surface area contributed by atoms with Gasteiger partial charge in [0.05, 0.1) is 5.75 Å². The van der Waals surface area contributed by atoms with E-state index < -0.39 is 15.7 Å². The predicted octanol–water partition coefficient (Wildman–Crippen LogP) is 2.26. The molecule has 0 heterocycles. The molecule has 31 heavy (non-hydrogen) atoms. The normalized spacial score (nSPS) is 11.4. The lowest BCUT2D eigenvalue weighted by molar-refractivity contribution is 0.0963. The third-order valence-corrected chi connectivity index (χ3v) is 5.21. The lowest BCUT2D eigenvalue weighted by Gasteiger charge is -2.14. The van der Waals surface area contributed by atoms with E-state index in [1.165, 1.54) is 18.2 Å². The molecule has 2 rings (SSSR count). The monoisotopic (exact) mass is 562 g/mol. The van der Waals surface area contributed by atoms with E-state index in [1.807, 2.05) is 18.2 Å². The summed E-state index contributed by atoms with van der Waals surface area (Å²) in [5.74, 6) is -0.213. The standard InChI is InChI=1S/C21H27FN4O3S.HI/c1-23-20(27)16-6-4-5-15(11-16)9-10-25-21(24-2)26-13-18-12-19(22)8-7-17(18)14-30(3,28)29;/h4-8,11-12H,9-10,13-14H2,1-3H3,(H,23,27)(H2,24,25,26);1H.